The molecule has 0 bridgehead atoms. The van der Waals surface area contributed by atoms with Gasteiger partial charge in [0, 0.05) is 38.3 Å². The maximum absolute atomic E-state index is 12.2. The largest absolute Gasteiger partial charge is 0.455 e. The van der Waals surface area contributed by atoms with Gasteiger partial charge >= 0.3 is 5.97 Å². The van der Waals surface area contributed by atoms with Crippen molar-refractivity contribution >= 4 is 29.3 Å². The van der Waals surface area contributed by atoms with E-state index in [0.29, 0.717) is 6.54 Å². The van der Waals surface area contributed by atoms with Gasteiger partial charge in [-0.25, -0.2) is 0 Å². The molecule has 2 aromatic carbocycles. The molecule has 2 rings (SSSR count). The van der Waals surface area contributed by atoms with Gasteiger partial charge in [0.2, 0.25) is 0 Å². The van der Waals surface area contributed by atoms with Gasteiger partial charge in [-0.2, -0.15) is 0 Å². The summed E-state index contributed by atoms with van der Waals surface area (Å²) in [7, 11) is 5.67. The molecule has 0 heterocycles. The summed E-state index contributed by atoms with van der Waals surface area (Å²) < 4.78 is 5.19. The van der Waals surface area contributed by atoms with E-state index in [-0.39, 0.29) is 23.7 Å². The first-order chi connectivity index (χ1) is 12.9. The lowest BCUT2D eigenvalue weighted by molar-refractivity contribution is -0.151. The number of likely N-dealkylation sites (N-methyl/N-ethyl adjacent to an activating group) is 1. The first-order valence-electron chi connectivity index (χ1n) is 8.75. The maximum Gasteiger partial charge on any atom is 0.319 e. The number of esters is 1. The van der Waals surface area contributed by atoms with Gasteiger partial charge in [0.05, 0.1) is 0 Å². The molecule has 27 heavy (non-hydrogen) atoms. The highest BCUT2D eigenvalue weighted by Crippen LogP contribution is 2.23. The van der Waals surface area contributed by atoms with Gasteiger partial charge in [0.15, 0.2) is 6.61 Å². The third-order valence-corrected chi connectivity index (χ3v) is 5.11. The molecule has 0 aliphatic carbocycles. The van der Waals surface area contributed by atoms with Gasteiger partial charge in [0.1, 0.15) is 5.25 Å². The molecule has 0 radical (unpaired) electrons. The number of hydrogen-bond acceptors (Lipinski definition) is 5. The first-order valence-corrected chi connectivity index (χ1v) is 9.63. The Bertz CT molecular complexity index is 748. The van der Waals surface area contributed by atoms with Crippen LogP contribution in [0.5, 0.6) is 0 Å². The standard InChI is InChI=1S/C21H26N2O3S/c1-16(27-19-8-6-5-7-9-19)21(25)26-15-20(24)23(4)14-17-10-12-18(13-11-17)22(2)3/h5-13,16H,14-15H2,1-4H3/t16-/m1/s1. The fraction of sp³-hybridized carbons (Fsp3) is 0.333. The predicted octanol–water partition coefficient (Wildman–Crippen LogP) is 3.44. The quantitative estimate of drug-likeness (QED) is 0.514. The number of benzene rings is 2. The van der Waals surface area contributed by atoms with Crippen LogP contribution in [-0.2, 0) is 20.9 Å². The van der Waals surface area contributed by atoms with E-state index >= 15 is 0 Å². The van der Waals surface area contributed by atoms with Crippen LogP contribution in [0.25, 0.3) is 0 Å². The molecule has 0 saturated heterocycles. The van der Waals surface area contributed by atoms with Crippen LogP contribution in [0.2, 0.25) is 0 Å². The number of carbonyl (C=O) groups is 2. The van der Waals surface area contributed by atoms with Crippen molar-refractivity contribution in [2.75, 3.05) is 32.6 Å². The molecule has 6 heteroatoms. The zero-order valence-electron chi connectivity index (χ0n) is 16.2. The second-order valence-electron chi connectivity index (χ2n) is 6.49. The Morgan fingerprint density at radius 1 is 1.00 bits per heavy atom. The zero-order valence-corrected chi connectivity index (χ0v) is 17.0. The Balaban J connectivity index is 1.79. The fourth-order valence-corrected chi connectivity index (χ4v) is 3.26. The van der Waals surface area contributed by atoms with E-state index in [2.05, 4.69) is 0 Å². The van der Waals surface area contributed by atoms with Crippen LogP contribution in [0.1, 0.15) is 12.5 Å². The summed E-state index contributed by atoms with van der Waals surface area (Å²) >= 11 is 1.41. The van der Waals surface area contributed by atoms with E-state index in [9.17, 15) is 9.59 Å². The summed E-state index contributed by atoms with van der Waals surface area (Å²) in [5.41, 5.74) is 2.13. The van der Waals surface area contributed by atoms with Gasteiger partial charge in [-0.3, -0.25) is 9.59 Å². The van der Waals surface area contributed by atoms with Crippen LogP contribution >= 0.6 is 11.8 Å². The topological polar surface area (TPSA) is 49.9 Å². The number of anilines is 1. The number of nitrogens with zero attached hydrogens (tertiary/aromatic N) is 2. The van der Waals surface area contributed by atoms with Crippen molar-refractivity contribution in [1.82, 2.24) is 4.90 Å². The van der Waals surface area contributed by atoms with Gasteiger partial charge in [0.25, 0.3) is 5.91 Å². The Morgan fingerprint density at radius 2 is 1.63 bits per heavy atom. The van der Waals surface area contributed by atoms with E-state index in [0.717, 1.165) is 16.1 Å². The lowest BCUT2D eigenvalue weighted by atomic mass is 10.2. The second-order valence-corrected chi connectivity index (χ2v) is 7.91. The van der Waals surface area contributed by atoms with Crippen molar-refractivity contribution in [2.45, 2.75) is 23.6 Å². The average molecular weight is 387 g/mol. The van der Waals surface area contributed by atoms with E-state index in [4.69, 9.17) is 4.74 Å². The SMILES string of the molecule is C[C@@H](Sc1ccccc1)C(=O)OCC(=O)N(C)Cc1ccc(N(C)C)cc1. The average Bonchev–Trinajstić information content (AvgIpc) is 2.66. The van der Waals surface area contributed by atoms with Gasteiger partial charge in [-0.05, 0) is 36.8 Å². The molecule has 0 unspecified atom stereocenters. The molecule has 0 aliphatic rings. The summed E-state index contributed by atoms with van der Waals surface area (Å²) in [6.45, 7) is 2.00. The summed E-state index contributed by atoms with van der Waals surface area (Å²) in [5.74, 6) is -0.613. The minimum atomic E-state index is -0.388. The minimum absolute atomic E-state index is 0.225. The number of carbonyl (C=O) groups excluding carboxylic acids is 2. The smallest absolute Gasteiger partial charge is 0.319 e. The second kappa shape index (κ2) is 10.0. The first kappa shape index (κ1) is 20.8. The van der Waals surface area contributed by atoms with Crippen LogP contribution < -0.4 is 4.90 Å². The molecule has 0 fully saturated rings. The lowest BCUT2D eigenvalue weighted by Gasteiger charge is -2.19. The maximum atomic E-state index is 12.2. The minimum Gasteiger partial charge on any atom is -0.455 e. The monoisotopic (exact) mass is 386 g/mol. The molecular formula is C21H26N2O3S. The van der Waals surface area contributed by atoms with Gasteiger partial charge in [-0.1, -0.05) is 30.3 Å². The van der Waals surface area contributed by atoms with E-state index < -0.39 is 0 Å². The van der Waals surface area contributed by atoms with E-state index in [1.54, 1.807) is 18.9 Å². The number of hydrogen-bond donors (Lipinski definition) is 0. The number of amides is 1. The van der Waals surface area contributed by atoms with Crippen molar-refractivity contribution in [2.24, 2.45) is 0 Å². The van der Waals surface area contributed by atoms with Crippen molar-refractivity contribution in [3.8, 4) is 0 Å². The summed E-state index contributed by atoms with van der Waals surface area (Å²) in [6, 6.07) is 17.6. The zero-order chi connectivity index (χ0) is 19.8. The summed E-state index contributed by atoms with van der Waals surface area (Å²) in [4.78, 5) is 28.9. The molecule has 0 N–H and O–H groups in total. The van der Waals surface area contributed by atoms with Crippen molar-refractivity contribution in [3.05, 3.63) is 60.2 Å². The lowest BCUT2D eigenvalue weighted by Crippen LogP contribution is -2.32. The van der Waals surface area contributed by atoms with Crippen LogP contribution in [0, 0.1) is 0 Å². The predicted molar refractivity (Wildman–Crippen MR) is 110 cm³/mol. The number of rotatable bonds is 8. The third-order valence-electron chi connectivity index (χ3n) is 4.02. The van der Waals surface area contributed by atoms with Crippen LogP contribution in [0.3, 0.4) is 0 Å². The Morgan fingerprint density at radius 3 is 2.22 bits per heavy atom. The van der Waals surface area contributed by atoms with Gasteiger partial charge < -0.3 is 14.5 Å². The molecule has 0 spiro atoms. The molecule has 0 aromatic heterocycles. The van der Waals surface area contributed by atoms with Crippen LogP contribution in [-0.4, -0.2) is 49.8 Å². The van der Waals surface area contributed by atoms with E-state index in [1.165, 1.54) is 11.8 Å². The number of thioether (sulfide) groups is 1. The highest BCUT2D eigenvalue weighted by atomic mass is 32.2. The normalized spacial score (nSPS) is 11.6. The van der Waals surface area contributed by atoms with Crippen LogP contribution in [0.15, 0.2) is 59.5 Å². The molecule has 2 aromatic rings. The Kier molecular flexibility index (Phi) is 7.73. The Labute approximate surface area is 165 Å². The molecule has 0 saturated carbocycles. The molecule has 1 amide bonds. The highest BCUT2D eigenvalue weighted by Gasteiger charge is 2.18. The summed E-state index contributed by atoms with van der Waals surface area (Å²) in [6.07, 6.45) is 0. The van der Waals surface area contributed by atoms with E-state index in [1.807, 2.05) is 73.6 Å². The number of ether oxygens (including phenoxy) is 1. The van der Waals surface area contributed by atoms with Crippen molar-refractivity contribution in [1.29, 1.82) is 0 Å². The highest BCUT2D eigenvalue weighted by molar-refractivity contribution is 8.00. The van der Waals surface area contributed by atoms with Crippen LogP contribution in [0.4, 0.5) is 5.69 Å². The summed E-state index contributed by atoms with van der Waals surface area (Å²) in [5, 5.41) is -0.371. The molecule has 5 nitrogen and oxygen atoms in total. The molecule has 0 aliphatic heterocycles. The fourth-order valence-electron chi connectivity index (χ4n) is 2.37. The molecular weight excluding hydrogens is 360 g/mol. The third kappa shape index (κ3) is 6.64. The Hall–Kier alpha value is -2.47. The van der Waals surface area contributed by atoms with Crippen molar-refractivity contribution in [3.63, 3.8) is 0 Å². The van der Waals surface area contributed by atoms with Crippen molar-refractivity contribution < 1.29 is 14.3 Å². The molecule has 144 valence electrons. The van der Waals surface area contributed by atoms with Gasteiger partial charge in [-0.15, -0.1) is 11.8 Å². The molecule has 1 atom stereocenters.